The third-order valence-electron chi connectivity index (χ3n) is 2.43. The van der Waals surface area contributed by atoms with Crippen molar-refractivity contribution in [3.63, 3.8) is 0 Å². The molecule has 0 spiro atoms. The molecule has 0 aliphatic rings. The first-order valence-corrected chi connectivity index (χ1v) is 5.02. The Morgan fingerprint density at radius 3 is 2.71 bits per heavy atom. The highest BCUT2D eigenvalue weighted by Gasteiger charge is 2.13. The molecule has 6 heteroatoms. The van der Waals surface area contributed by atoms with E-state index in [0.29, 0.717) is 11.3 Å². The molecule has 0 aliphatic carbocycles. The van der Waals surface area contributed by atoms with Crippen molar-refractivity contribution in [3.05, 3.63) is 29.2 Å². The zero-order valence-electron chi connectivity index (χ0n) is 9.80. The van der Waals surface area contributed by atoms with E-state index in [1.807, 2.05) is 6.92 Å². The third-order valence-corrected chi connectivity index (χ3v) is 2.43. The Morgan fingerprint density at radius 1 is 1.35 bits per heavy atom. The first-order valence-electron chi connectivity index (χ1n) is 5.02. The van der Waals surface area contributed by atoms with Gasteiger partial charge in [-0.1, -0.05) is 0 Å². The summed E-state index contributed by atoms with van der Waals surface area (Å²) >= 11 is 0. The summed E-state index contributed by atoms with van der Waals surface area (Å²) in [6.45, 7) is 3.62. The molecule has 0 aliphatic heterocycles. The molecule has 0 unspecified atom stereocenters. The van der Waals surface area contributed by atoms with Crippen LogP contribution in [0.3, 0.4) is 0 Å². The molecule has 2 aromatic rings. The van der Waals surface area contributed by atoms with Crippen molar-refractivity contribution in [3.8, 4) is 17.7 Å². The molecule has 2 aromatic heterocycles. The lowest BCUT2D eigenvalue weighted by atomic mass is 10.1. The predicted molar refractivity (Wildman–Crippen MR) is 59.5 cm³/mol. The fourth-order valence-electron chi connectivity index (χ4n) is 1.35. The second-order valence-corrected chi connectivity index (χ2v) is 3.65. The summed E-state index contributed by atoms with van der Waals surface area (Å²) < 4.78 is 7.08. The van der Waals surface area contributed by atoms with E-state index in [1.165, 1.54) is 0 Å². The molecule has 2 rings (SSSR count). The standard InChI is InChI=1S/C11H11N5O/c1-7-8(2)14-15-11(10(7)4-12)17-9-5-13-16(3)6-9/h5-6H,1-3H3. The fraction of sp³-hybridized carbons (Fsp3) is 0.273. The highest BCUT2D eigenvalue weighted by Crippen LogP contribution is 2.24. The lowest BCUT2D eigenvalue weighted by Gasteiger charge is -2.06. The Morgan fingerprint density at radius 2 is 2.12 bits per heavy atom. The van der Waals surface area contributed by atoms with Crippen molar-refractivity contribution in [2.24, 2.45) is 7.05 Å². The maximum Gasteiger partial charge on any atom is 0.257 e. The Balaban J connectivity index is 2.40. The van der Waals surface area contributed by atoms with Gasteiger partial charge in [-0.3, -0.25) is 4.68 Å². The van der Waals surface area contributed by atoms with Gasteiger partial charge < -0.3 is 4.74 Å². The van der Waals surface area contributed by atoms with Crippen LogP contribution in [0.5, 0.6) is 11.6 Å². The molecule has 2 heterocycles. The Kier molecular flexibility index (Phi) is 2.75. The van der Waals surface area contributed by atoms with E-state index < -0.39 is 0 Å². The molecule has 0 atom stereocenters. The van der Waals surface area contributed by atoms with E-state index >= 15 is 0 Å². The molecule has 6 nitrogen and oxygen atoms in total. The van der Waals surface area contributed by atoms with Crippen LogP contribution in [0.4, 0.5) is 0 Å². The number of hydrogen-bond donors (Lipinski definition) is 0. The molecule has 0 saturated heterocycles. The molecule has 0 saturated carbocycles. The van der Waals surface area contributed by atoms with Crippen LogP contribution in [0, 0.1) is 25.2 Å². The second-order valence-electron chi connectivity index (χ2n) is 3.65. The monoisotopic (exact) mass is 229 g/mol. The van der Waals surface area contributed by atoms with Crippen LogP contribution >= 0.6 is 0 Å². The molecular formula is C11H11N5O. The molecule has 0 radical (unpaired) electrons. The summed E-state index contributed by atoms with van der Waals surface area (Å²) in [4.78, 5) is 0. The lowest BCUT2D eigenvalue weighted by molar-refractivity contribution is 0.451. The van der Waals surface area contributed by atoms with Crippen molar-refractivity contribution in [2.75, 3.05) is 0 Å². The van der Waals surface area contributed by atoms with Gasteiger partial charge in [0.05, 0.1) is 18.1 Å². The Hall–Kier alpha value is -2.42. The maximum absolute atomic E-state index is 9.09. The van der Waals surface area contributed by atoms with E-state index in [4.69, 9.17) is 10.00 Å². The van der Waals surface area contributed by atoms with Crippen molar-refractivity contribution < 1.29 is 4.74 Å². The number of ether oxygens (including phenoxy) is 1. The minimum Gasteiger partial charge on any atom is -0.433 e. The predicted octanol–water partition coefficient (Wildman–Crippen LogP) is 1.49. The van der Waals surface area contributed by atoms with Crippen LogP contribution in [-0.4, -0.2) is 20.0 Å². The van der Waals surface area contributed by atoms with Crippen LogP contribution in [-0.2, 0) is 7.05 Å². The molecule has 17 heavy (non-hydrogen) atoms. The number of aromatic nitrogens is 4. The minimum atomic E-state index is 0.212. The second kappa shape index (κ2) is 4.22. The molecule has 0 bridgehead atoms. The number of nitriles is 1. The fourth-order valence-corrected chi connectivity index (χ4v) is 1.35. The van der Waals surface area contributed by atoms with Gasteiger partial charge in [-0.15, -0.1) is 5.10 Å². The largest absolute Gasteiger partial charge is 0.433 e. The van der Waals surface area contributed by atoms with Gasteiger partial charge in [0.15, 0.2) is 5.75 Å². The zero-order chi connectivity index (χ0) is 12.4. The normalized spacial score (nSPS) is 10.0. The summed E-state index contributed by atoms with van der Waals surface area (Å²) in [7, 11) is 1.78. The SMILES string of the molecule is Cc1nnc(Oc2cnn(C)c2)c(C#N)c1C. The van der Waals surface area contributed by atoms with E-state index in [-0.39, 0.29) is 5.88 Å². The number of aryl methyl sites for hydroxylation is 2. The molecule has 86 valence electrons. The summed E-state index contributed by atoms with van der Waals surface area (Å²) in [6.07, 6.45) is 3.25. The molecule has 0 amide bonds. The van der Waals surface area contributed by atoms with E-state index in [0.717, 1.165) is 11.3 Å². The number of hydrogen-bond acceptors (Lipinski definition) is 5. The Labute approximate surface area is 98.5 Å². The van der Waals surface area contributed by atoms with Gasteiger partial charge in [0.2, 0.25) is 0 Å². The van der Waals surface area contributed by atoms with Crippen LogP contribution in [0.1, 0.15) is 16.8 Å². The number of nitrogens with zero attached hydrogens (tertiary/aromatic N) is 5. The first-order chi connectivity index (χ1) is 8.11. The van der Waals surface area contributed by atoms with Crippen LogP contribution < -0.4 is 4.74 Å². The van der Waals surface area contributed by atoms with Crippen LogP contribution in [0.25, 0.3) is 0 Å². The molecule has 0 fully saturated rings. The van der Waals surface area contributed by atoms with E-state index in [9.17, 15) is 0 Å². The molecule has 0 aromatic carbocycles. The van der Waals surface area contributed by atoms with Gasteiger partial charge in [0, 0.05) is 7.05 Å². The van der Waals surface area contributed by atoms with Gasteiger partial charge in [-0.2, -0.15) is 15.5 Å². The van der Waals surface area contributed by atoms with Crippen LogP contribution in [0.2, 0.25) is 0 Å². The van der Waals surface area contributed by atoms with Crippen molar-refractivity contribution in [2.45, 2.75) is 13.8 Å². The van der Waals surface area contributed by atoms with Crippen molar-refractivity contribution in [1.82, 2.24) is 20.0 Å². The highest BCUT2D eigenvalue weighted by atomic mass is 16.5. The highest BCUT2D eigenvalue weighted by molar-refractivity contribution is 5.46. The average Bonchev–Trinajstić information content (AvgIpc) is 2.70. The summed E-state index contributed by atoms with van der Waals surface area (Å²) in [5.74, 6) is 0.741. The van der Waals surface area contributed by atoms with E-state index in [1.54, 1.807) is 31.0 Å². The van der Waals surface area contributed by atoms with Crippen LogP contribution in [0.15, 0.2) is 12.4 Å². The smallest absolute Gasteiger partial charge is 0.257 e. The van der Waals surface area contributed by atoms with Gasteiger partial charge in [0.1, 0.15) is 11.6 Å². The van der Waals surface area contributed by atoms with Crippen molar-refractivity contribution >= 4 is 0 Å². The van der Waals surface area contributed by atoms with Gasteiger partial charge in [0.25, 0.3) is 5.88 Å². The van der Waals surface area contributed by atoms with E-state index in [2.05, 4.69) is 21.4 Å². The Bertz CT molecular complexity index is 596. The quantitative estimate of drug-likeness (QED) is 0.779. The zero-order valence-corrected chi connectivity index (χ0v) is 9.80. The minimum absolute atomic E-state index is 0.212. The van der Waals surface area contributed by atoms with Gasteiger partial charge >= 0.3 is 0 Å². The molecule has 0 N–H and O–H groups in total. The topological polar surface area (TPSA) is 76.6 Å². The maximum atomic E-state index is 9.09. The van der Waals surface area contributed by atoms with Gasteiger partial charge in [-0.05, 0) is 19.4 Å². The third kappa shape index (κ3) is 2.08. The lowest BCUT2D eigenvalue weighted by Crippen LogP contribution is -2.00. The van der Waals surface area contributed by atoms with Crippen molar-refractivity contribution in [1.29, 1.82) is 5.26 Å². The average molecular weight is 229 g/mol. The summed E-state index contributed by atoms with van der Waals surface area (Å²) in [5, 5.41) is 20.9. The first kappa shape index (κ1) is 11.1. The summed E-state index contributed by atoms with van der Waals surface area (Å²) in [5.41, 5.74) is 1.91. The number of rotatable bonds is 2. The molecular weight excluding hydrogens is 218 g/mol. The van der Waals surface area contributed by atoms with Gasteiger partial charge in [-0.25, -0.2) is 0 Å². The summed E-state index contributed by atoms with van der Waals surface area (Å²) in [6, 6.07) is 2.08.